The number of sulfonamides is 1. The third kappa shape index (κ3) is 3.44. The zero-order chi connectivity index (χ0) is 18.9. The summed E-state index contributed by atoms with van der Waals surface area (Å²) in [4.78, 5) is 11.6. The molecule has 138 valence electrons. The van der Waals surface area contributed by atoms with Gasteiger partial charge in [0.05, 0.1) is 15.0 Å². The van der Waals surface area contributed by atoms with E-state index < -0.39 is 25.1 Å². The van der Waals surface area contributed by atoms with Crippen LogP contribution in [-0.2, 0) is 19.9 Å². The molecule has 26 heavy (non-hydrogen) atoms. The van der Waals surface area contributed by atoms with E-state index in [0.717, 1.165) is 0 Å². The lowest BCUT2D eigenvalue weighted by Gasteiger charge is -2.17. The molecule has 2 aromatic rings. The second kappa shape index (κ2) is 6.94. The molecule has 1 heterocycles. The predicted octanol–water partition coefficient (Wildman–Crippen LogP) is 2.13. The van der Waals surface area contributed by atoms with Crippen LogP contribution in [0.25, 0.3) is 0 Å². The highest BCUT2D eigenvalue weighted by molar-refractivity contribution is 7.92. The largest absolute Gasteiger partial charge is 0.295 e. The molecular weight excluding hydrogens is 374 g/mol. The first-order valence-corrected chi connectivity index (χ1v) is 11.1. The summed E-state index contributed by atoms with van der Waals surface area (Å²) in [5.41, 5.74) is 0.426. The summed E-state index contributed by atoms with van der Waals surface area (Å²) in [5, 5.41) is -0.767. The van der Waals surface area contributed by atoms with Crippen molar-refractivity contribution in [3.63, 3.8) is 0 Å². The molecule has 0 N–H and O–H groups in total. The highest BCUT2D eigenvalue weighted by Gasteiger charge is 2.39. The molecule has 1 fully saturated rings. The number of rotatable bonds is 5. The van der Waals surface area contributed by atoms with E-state index in [-0.39, 0.29) is 35.1 Å². The van der Waals surface area contributed by atoms with E-state index in [1.54, 1.807) is 18.2 Å². The maximum Gasteiger partial charge on any atom is 0.243 e. The Morgan fingerprint density at radius 1 is 0.923 bits per heavy atom. The lowest BCUT2D eigenvalue weighted by Crippen LogP contribution is -2.32. The van der Waals surface area contributed by atoms with Crippen molar-refractivity contribution in [3.05, 3.63) is 60.2 Å². The highest BCUT2D eigenvalue weighted by Crippen LogP contribution is 2.28. The summed E-state index contributed by atoms with van der Waals surface area (Å²) in [5.74, 6) is -0.149. The molecule has 3 rings (SSSR count). The van der Waals surface area contributed by atoms with Crippen LogP contribution in [0.15, 0.2) is 64.4 Å². The van der Waals surface area contributed by atoms with E-state index in [2.05, 4.69) is 0 Å². The number of Topliss-reactive ketones (excluding diaryl/α,β-unsaturated/α-hetero) is 1. The van der Waals surface area contributed by atoms with Gasteiger partial charge in [-0.2, -0.15) is 4.31 Å². The van der Waals surface area contributed by atoms with Crippen molar-refractivity contribution in [2.45, 2.75) is 28.4 Å². The Balaban J connectivity index is 1.82. The average Bonchev–Trinajstić information content (AvgIpc) is 3.14. The van der Waals surface area contributed by atoms with Crippen molar-refractivity contribution >= 4 is 25.6 Å². The molecule has 0 amide bonds. The highest BCUT2D eigenvalue weighted by atomic mass is 32.2. The Morgan fingerprint density at radius 2 is 1.54 bits per heavy atom. The Labute approximate surface area is 153 Å². The molecule has 0 spiro atoms. The molecule has 0 aliphatic carbocycles. The summed E-state index contributed by atoms with van der Waals surface area (Å²) in [7, 11) is -7.38. The second-order valence-electron chi connectivity index (χ2n) is 6.21. The van der Waals surface area contributed by atoms with E-state index >= 15 is 0 Å². The third-order valence-corrected chi connectivity index (χ3v) is 8.59. The van der Waals surface area contributed by atoms with Crippen molar-refractivity contribution in [1.82, 2.24) is 4.31 Å². The van der Waals surface area contributed by atoms with Crippen LogP contribution in [0.1, 0.15) is 23.7 Å². The molecule has 1 atom stereocenters. The maximum atomic E-state index is 12.8. The number of sulfone groups is 1. The molecule has 2 aromatic carbocycles. The Kier molecular flexibility index (Phi) is 5.01. The number of nitrogens with zero attached hydrogens (tertiary/aromatic N) is 1. The van der Waals surface area contributed by atoms with Gasteiger partial charge in [-0.1, -0.05) is 30.3 Å². The van der Waals surface area contributed by atoms with Gasteiger partial charge in [0.2, 0.25) is 10.0 Å². The quantitative estimate of drug-likeness (QED) is 0.726. The molecule has 1 saturated heterocycles. The van der Waals surface area contributed by atoms with Crippen molar-refractivity contribution in [2.75, 3.05) is 13.1 Å². The smallest absolute Gasteiger partial charge is 0.243 e. The summed E-state index contributed by atoms with van der Waals surface area (Å²) >= 11 is 0. The Bertz CT molecular complexity index is 1010. The number of carbonyl (C=O) groups is 1. The van der Waals surface area contributed by atoms with Gasteiger partial charge in [-0.25, -0.2) is 16.8 Å². The van der Waals surface area contributed by atoms with E-state index in [1.165, 1.54) is 47.6 Å². The SMILES string of the molecule is CC(=O)c1ccc(S(=O)(=O)N2CCC(S(=O)(=O)c3ccccc3)C2)cc1. The minimum absolute atomic E-state index is 0.0558. The summed E-state index contributed by atoms with van der Waals surface area (Å²) in [6, 6.07) is 13.7. The third-order valence-electron chi connectivity index (χ3n) is 4.52. The average molecular weight is 393 g/mol. The molecule has 0 aromatic heterocycles. The predicted molar refractivity (Wildman–Crippen MR) is 97.2 cm³/mol. The minimum atomic E-state index is -3.80. The summed E-state index contributed by atoms with van der Waals surface area (Å²) < 4.78 is 52.1. The van der Waals surface area contributed by atoms with Crippen LogP contribution in [0.3, 0.4) is 0 Å². The fraction of sp³-hybridized carbons (Fsp3) is 0.278. The van der Waals surface area contributed by atoms with Gasteiger partial charge in [-0.15, -0.1) is 0 Å². The van der Waals surface area contributed by atoms with Crippen molar-refractivity contribution in [2.24, 2.45) is 0 Å². The standard InChI is InChI=1S/C18H19NO5S2/c1-14(20)15-7-9-17(10-8-15)26(23,24)19-12-11-18(13-19)25(21,22)16-5-3-2-4-6-16/h2-10,18H,11-13H2,1H3. The summed E-state index contributed by atoms with van der Waals surface area (Å²) in [6.45, 7) is 1.48. The first-order valence-electron chi connectivity index (χ1n) is 8.13. The molecule has 1 unspecified atom stereocenters. The van der Waals surface area contributed by atoms with Gasteiger partial charge in [-0.3, -0.25) is 4.79 Å². The van der Waals surface area contributed by atoms with Gasteiger partial charge in [0.15, 0.2) is 15.6 Å². The van der Waals surface area contributed by atoms with Crippen molar-refractivity contribution < 1.29 is 21.6 Å². The van der Waals surface area contributed by atoms with Crippen LogP contribution < -0.4 is 0 Å². The first kappa shape index (κ1) is 18.8. The zero-order valence-corrected chi connectivity index (χ0v) is 15.8. The molecule has 1 aliphatic rings. The van der Waals surface area contributed by atoms with E-state index in [4.69, 9.17) is 0 Å². The Hall–Kier alpha value is -2.03. The van der Waals surface area contributed by atoms with E-state index in [0.29, 0.717) is 5.56 Å². The van der Waals surface area contributed by atoms with Gasteiger partial charge >= 0.3 is 0 Å². The minimum Gasteiger partial charge on any atom is -0.295 e. The Morgan fingerprint density at radius 3 is 2.12 bits per heavy atom. The molecule has 8 heteroatoms. The molecule has 1 aliphatic heterocycles. The zero-order valence-electron chi connectivity index (χ0n) is 14.2. The fourth-order valence-electron chi connectivity index (χ4n) is 2.98. The molecule has 0 radical (unpaired) electrons. The normalized spacial score (nSPS) is 18.7. The number of hydrogen-bond donors (Lipinski definition) is 0. The van der Waals surface area contributed by atoms with Crippen LogP contribution >= 0.6 is 0 Å². The first-order chi connectivity index (χ1) is 12.2. The number of benzene rings is 2. The fourth-order valence-corrected chi connectivity index (χ4v) is 6.29. The maximum absolute atomic E-state index is 12.8. The molecule has 0 bridgehead atoms. The topological polar surface area (TPSA) is 88.6 Å². The van der Waals surface area contributed by atoms with Gasteiger partial charge in [0.25, 0.3) is 0 Å². The van der Waals surface area contributed by atoms with Gasteiger partial charge in [-0.05, 0) is 37.6 Å². The lowest BCUT2D eigenvalue weighted by atomic mass is 10.2. The number of hydrogen-bond acceptors (Lipinski definition) is 5. The monoisotopic (exact) mass is 393 g/mol. The van der Waals surface area contributed by atoms with Crippen LogP contribution in [0.4, 0.5) is 0 Å². The molecule has 6 nitrogen and oxygen atoms in total. The summed E-state index contributed by atoms with van der Waals surface area (Å²) in [6.07, 6.45) is 0.252. The molecule has 0 saturated carbocycles. The van der Waals surface area contributed by atoms with Crippen molar-refractivity contribution in [3.8, 4) is 0 Å². The lowest BCUT2D eigenvalue weighted by molar-refractivity contribution is 0.101. The van der Waals surface area contributed by atoms with Crippen molar-refractivity contribution in [1.29, 1.82) is 0 Å². The van der Waals surface area contributed by atoms with Crippen LogP contribution in [-0.4, -0.2) is 45.3 Å². The van der Waals surface area contributed by atoms with Gasteiger partial charge in [0.1, 0.15) is 0 Å². The van der Waals surface area contributed by atoms with E-state index in [1.807, 2.05) is 0 Å². The number of carbonyl (C=O) groups excluding carboxylic acids is 1. The second-order valence-corrected chi connectivity index (χ2v) is 10.4. The van der Waals surface area contributed by atoms with Crippen LogP contribution in [0, 0.1) is 0 Å². The number of ketones is 1. The molecular formula is C18H19NO5S2. The van der Waals surface area contributed by atoms with E-state index in [9.17, 15) is 21.6 Å². The van der Waals surface area contributed by atoms with Gasteiger partial charge in [0, 0.05) is 18.7 Å². The van der Waals surface area contributed by atoms with Crippen LogP contribution in [0.2, 0.25) is 0 Å². The van der Waals surface area contributed by atoms with Crippen LogP contribution in [0.5, 0.6) is 0 Å². The van der Waals surface area contributed by atoms with Gasteiger partial charge < -0.3 is 0 Å².